The van der Waals surface area contributed by atoms with Crippen LogP contribution >= 0.6 is 0 Å². The van der Waals surface area contributed by atoms with Gasteiger partial charge in [-0.1, -0.05) is 5.16 Å². The Morgan fingerprint density at radius 3 is 2.89 bits per heavy atom. The summed E-state index contributed by atoms with van der Waals surface area (Å²) in [5.41, 5.74) is 1.44. The molecule has 0 aliphatic heterocycles. The van der Waals surface area contributed by atoms with Gasteiger partial charge in [0.1, 0.15) is 17.5 Å². The molecule has 0 aliphatic carbocycles. The van der Waals surface area contributed by atoms with Gasteiger partial charge in [0.05, 0.1) is 6.20 Å². The van der Waals surface area contributed by atoms with E-state index in [0.717, 1.165) is 0 Å². The number of nitriles is 1. The van der Waals surface area contributed by atoms with Crippen LogP contribution in [0.15, 0.2) is 41.4 Å². The lowest BCUT2D eigenvalue weighted by molar-refractivity contribution is 0.432. The van der Waals surface area contributed by atoms with Crippen LogP contribution in [0.1, 0.15) is 5.69 Å². The molecule has 0 saturated heterocycles. The van der Waals surface area contributed by atoms with E-state index in [2.05, 4.69) is 25.1 Å². The molecule has 0 aliphatic rings. The maximum atomic E-state index is 8.79. The molecule has 0 aromatic carbocycles. The number of nitrogens with zero attached hydrogens (tertiary/aromatic N) is 6. The topological polar surface area (TPSA) is 101 Å². The van der Waals surface area contributed by atoms with Crippen LogP contribution in [0.4, 0.5) is 0 Å². The van der Waals surface area contributed by atoms with Crippen LogP contribution in [0.3, 0.4) is 0 Å². The Balaban J connectivity index is 2.00. The smallest absolute Gasteiger partial charge is 0.258 e. The molecule has 3 rings (SSSR count). The summed E-state index contributed by atoms with van der Waals surface area (Å²) in [6.07, 6.45) is 6.17. The Bertz CT molecular complexity index is 746. The third kappa shape index (κ3) is 2.14. The molecule has 0 fully saturated rings. The summed E-state index contributed by atoms with van der Waals surface area (Å²) in [6, 6.07) is 5.22. The van der Waals surface area contributed by atoms with Crippen LogP contribution < -0.4 is 0 Å². The average Bonchev–Trinajstić information content (AvgIpc) is 2.98. The molecule has 0 spiro atoms. The van der Waals surface area contributed by atoms with E-state index in [9.17, 15) is 0 Å². The van der Waals surface area contributed by atoms with Gasteiger partial charge < -0.3 is 4.52 Å². The summed E-state index contributed by atoms with van der Waals surface area (Å²) in [5, 5.41) is 12.6. The van der Waals surface area contributed by atoms with Gasteiger partial charge in [0.15, 0.2) is 0 Å². The first-order valence-corrected chi connectivity index (χ1v) is 5.33. The zero-order chi connectivity index (χ0) is 13.1. The standard InChI is InChI=1S/C12H6N6O/c13-6-9-5-8(1-2-15-9)12-17-11(18-19-12)10-7-14-3-4-16-10/h1-5,7H. The first-order valence-electron chi connectivity index (χ1n) is 5.33. The summed E-state index contributed by atoms with van der Waals surface area (Å²) in [4.78, 5) is 16.1. The number of rotatable bonds is 2. The molecule has 90 valence electrons. The second-order valence-corrected chi connectivity index (χ2v) is 3.56. The van der Waals surface area contributed by atoms with Gasteiger partial charge in [0.25, 0.3) is 5.89 Å². The van der Waals surface area contributed by atoms with Crippen molar-refractivity contribution in [1.29, 1.82) is 5.26 Å². The number of hydrogen-bond acceptors (Lipinski definition) is 7. The average molecular weight is 250 g/mol. The normalized spacial score (nSPS) is 10.1. The predicted octanol–water partition coefficient (Wildman–Crippen LogP) is 1.46. The molecule has 0 bridgehead atoms. The largest absolute Gasteiger partial charge is 0.334 e. The quantitative estimate of drug-likeness (QED) is 0.678. The number of aromatic nitrogens is 5. The molecule has 3 aromatic rings. The molecular weight excluding hydrogens is 244 g/mol. The van der Waals surface area contributed by atoms with E-state index in [1.807, 2.05) is 6.07 Å². The Labute approximate surface area is 107 Å². The van der Waals surface area contributed by atoms with Crippen LogP contribution in [0, 0.1) is 11.3 Å². The Kier molecular flexibility index (Phi) is 2.67. The first-order chi connectivity index (χ1) is 9.36. The predicted molar refractivity (Wildman–Crippen MR) is 63.3 cm³/mol. The zero-order valence-corrected chi connectivity index (χ0v) is 9.56. The highest BCUT2D eigenvalue weighted by Crippen LogP contribution is 2.20. The van der Waals surface area contributed by atoms with E-state index < -0.39 is 0 Å². The van der Waals surface area contributed by atoms with Crippen molar-refractivity contribution in [2.75, 3.05) is 0 Å². The molecule has 7 heteroatoms. The van der Waals surface area contributed by atoms with Crippen molar-refractivity contribution in [2.24, 2.45) is 0 Å². The summed E-state index contributed by atoms with van der Waals surface area (Å²) < 4.78 is 5.14. The first kappa shape index (κ1) is 11.0. The third-order valence-corrected chi connectivity index (χ3v) is 2.34. The van der Waals surface area contributed by atoms with Crippen molar-refractivity contribution < 1.29 is 4.52 Å². The SMILES string of the molecule is N#Cc1cc(-c2nc(-c3cnccn3)no2)ccn1. The van der Waals surface area contributed by atoms with E-state index in [-0.39, 0.29) is 5.69 Å². The van der Waals surface area contributed by atoms with Gasteiger partial charge >= 0.3 is 0 Å². The molecular formula is C12H6N6O. The molecule has 0 amide bonds. The van der Waals surface area contributed by atoms with E-state index >= 15 is 0 Å². The van der Waals surface area contributed by atoms with Crippen molar-refractivity contribution in [3.8, 4) is 29.0 Å². The highest BCUT2D eigenvalue weighted by Gasteiger charge is 2.12. The van der Waals surface area contributed by atoms with Crippen LogP contribution in [0.5, 0.6) is 0 Å². The van der Waals surface area contributed by atoms with Crippen molar-refractivity contribution in [3.05, 3.63) is 42.6 Å². The molecule has 0 saturated carbocycles. The second kappa shape index (κ2) is 4.62. The van der Waals surface area contributed by atoms with Crippen LogP contribution in [-0.2, 0) is 0 Å². The lowest BCUT2D eigenvalue weighted by Gasteiger charge is -1.93. The van der Waals surface area contributed by atoms with Gasteiger partial charge in [-0.2, -0.15) is 10.2 Å². The zero-order valence-electron chi connectivity index (χ0n) is 9.56. The maximum Gasteiger partial charge on any atom is 0.258 e. The molecule has 3 aromatic heterocycles. The van der Waals surface area contributed by atoms with E-state index in [1.165, 1.54) is 6.20 Å². The van der Waals surface area contributed by atoms with Crippen LogP contribution in [0.25, 0.3) is 23.0 Å². The number of hydrogen-bond donors (Lipinski definition) is 0. The lowest BCUT2D eigenvalue weighted by Crippen LogP contribution is -1.87. The van der Waals surface area contributed by atoms with E-state index in [0.29, 0.717) is 23.0 Å². The van der Waals surface area contributed by atoms with Gasteiger partial charge in [-0.15, -0.1) is 0 Å². The van der Waals surface area contributed by atoms with Crippen molar-refractivity contribution in [1.82, 2.24) is 25.1 Å². The van der Waals surface area contributed by atoms with Crippen molar-refractivity contribution in [3.63, 3.8) is 0 Å². The molecule has 0 N–H and O–H groups in total. The molecule has 19 heavy (non-hydrogen) atoms. The fraction of sp³-hybridized carbons (Fsp3) is 0. The minimum atomic E-state index is 0.289. The van der Waals surface area contributed by atoms with Crippen LogP contribution in [-0.4, -0.2) is 25.1 Å². The second-order valence-electron chi connectivity index (χ2n) is 3.56. The molecule has 0 radical (unpaired) electrons. The van der Waals surface area contributed by atoms with E-state index in [1.54, 1.807) is 30.7 Å². The summed E-state index contributed by atoms with van der Waals surface area (Å²) in [6.45, 7) is 0. The van der Waals surface area contributed by atoms with Gasteiger partial charge in [-0.3, -0.25) is 4.98 Å². The van der Waals surface area contributed by atoms with Crippen LogP contribution in [0.2, 0.25) is 0 Å². The molecule has 0 atom stereocenters. The van der Waals surface area contributed by atoms with Crippen molar-refractivity contribution >= 4 is 0 Å². The fourth-order valence-corrected chi connectivity index (χ4v) is 1.48. The minimum Gasteiger partial charge on any atom is -0.334 e. The molecule has 3 heterocycles. The van der Waals surface area contributed by atoms with Crippen molar-refractivity contribution in [2.45, 2.75) is 0 Å². The minimum absolute atomic E-state index is 0.289. The highest BCUT2D eigenvalue weighted by molar-refractivity contribution is 5.57. The summed E-state index contributed by atoms with van der Waals surface area (Å²) in [7, 11) is 0. The Hall–Kier alpha value is -3.14. The summed E-state index contributed by atoms with van der Waals surface area (Å²) in [5.74, 6) is 0.651. The van der Waals surface area contributed by atoms with Gasteiger partial charge in [-0.25, -0.2) is 9.97 Å². The monoisotopic (exact) mass is 250 g/mol. The number of pyridine rings is 1. The third-order valence-electron chi connectivity index (χ3n) is 2.34. The summed E-state index contributed by atoms with van der Waals surface area (Å²) >= 11 is 0. The molecule has 7 nitrogen and oxygen atoms in total. The van der Waals surface area contributed by atoms with Gasteiger partial charge in [0, 0.05) is 24.2 Å². The fourth-order valence-electron chi connectivity index (χ4n) is 1.48. The maximum absolute atomic E-state index is 8.79. The Morgan fingerprint density at radius 2 is 2.11 bits per heavy atom. The lowest BCUT2D eigenvalue weighted by atomic mass is 10.2. The van der Waals surface area contributed by atoms with Gasteiger partial charge in [-0.05, 0) is 12.1 Å². The molecule has 0 unspecified atom stereocenters. The van der Waals surface area contributed by atoms with Gasteiger partial charge in [0.2, 0.25) is 5.82 Å². The Morgan fingerprint density at radius 1 is 1.16 bits per heavy atom. The highest BCUT2D eigenvalue weighted by atomic mass is 16.5. The van der Waals surface area contributed by atoms with E-state index in [4.69, 9.17) is 9.78 Å².